The van der Waals surface area contributed by atoms with Gasteiger partial charge >= 0.3 is 0 Å². The lowest BCUT2D eigenvalue weighted by Gasteiger charge is -2.26. The van der Waals surface area contributed by atoms with Crippen molar-refractivity contribution in [3.05, 3.63) is 0 Å². The summed E-state index contributed by atoms with van der Waals surface area (Å²) in [5, 5.41) is 2.89. The summed E-state index contributed by atoms with van der Waals surface area (Å²) in [6.07, 6.45) is 4.03. The van der Waals surface area contributed by atoms with Gasteiger partial charge in [-0.3, -0.25) is 9.00 Å². The van der Waals surface area contributed by atoms with Crippen LogP contribution in [0.4, 0.5) is 0 Å². The van der Waals surface area contributed by atoms with Gasteiger partial charge in [0.2, 0.25) is 5.91 Å². The first kappa shape index (κ1) is 14.6. The summed E-state index contributed by atoms with van der Waals surface area (Å²) in [6.45, 7) is 3.17. The van der Waals surface area contributed by atoms with E-state index >= 15 is 0 Å². The molecule has 0 aromatic carbocycles. The van der Waals surface area contributed by atoms with Crippen LogP contribution in [0.15, 0.2) is 0 Å². The highest BCUT2D eigenvalue weighted by atomic mass is 32.2. The highest BCUT2D eigenvalue weighted by Crippen LogP contribution is 2.27. The first-order valence-electron chi connectivity index (χ1n) is 6.50. The molecule has 3 N–H and O–H groups in total. The molecule has 4 nitrogen and oxygen atoms in total. The van der Waals surface area contributed by atoms with Crippen LogP contribution in [0.5, 0.6) is 0 Å². The van der Waals surface area contributed by atoms with Gasteiger partial charge < -0.3 is 11.1 Å². The van der Waals surface area contributed by atoms with Crippen molar-refractivity contribution >= 4 is 16.7 Å². The molecule has 0 radical (unpaired) electrons. The molecule has 0 aromatic rings. The number of hydrogen-bond donors (Lipinski definition) is 2. The van der Waals surface area contributed by atoms with Gasteiger partial charge in [-0.1, -0.05) is 6.92 Å². The van der Waals surface area contributed by atoms with Gasteiger partial charge in [-0.2, -0.15) is 0 Å². The van der Waals surface area contributed by atoms with E-state index in [0.29, 0.717) is 24.0 Å². The third-order valence-corrected chi connectivity index (χ3v) is 4.81. The Labute approximate surface area is 106 Å². The number of nitrogens with one attached hydrogen (secondary N) is 1. The molecule has 1 aliphatic carbocycles. The third-order valence-electron chi connectivity index (χ3n) is 3.50. The van der Waals surface area contributed by atoms with Gasteiger partial charge in [0.1, 0.15) is 0 Å². The summed E-state index contributed by atoms with van der Waals surface area (Å²) in [6, 6.07) is 0. The smallest absolute Gasteiger partial charge is 0.223 e. The Hall–Kier alpha value is -0.420. The maximum Gasteiger partial charge on any atom is 0.223 e. The van der Waals surface area contributed by atoms with Crippen LogP contribution < -0.4 is 11.1 Å². The number of carbonyl (C=O) groups is 1. The van der Waals surface area contributed by atoms with E-state index in [1.807, 2.05) is 6.92 Å². The van der Waals surface area contributed by atoms with Crippen molar-refractivity contribution in [3.8, 4) is 0 Å². The van der Waals surface area contributed by atoms with Crippen molar-refractivity contribution in [2.24, 2.45) is 17.6 Å². The van der Waals surface area contributed by atoms with E-state index in [2.05, 4.69) is 5.32 Å². The minimum Gasteiger partial charge on any atom is -0.355 e. The Morgan fingerprint density at radius 3 is 2.53 bits per heavy atom. The van der Waals surface area contributed by atoms with Crippen molar-refractivity contribution in [3.63, 3.8) is 0 Å². The predicted molar refractivity (Wildman–Crippen MR) is 71.1 cm³/mol. The molecule has 1 amide bonds. The van der Waals surface area contributed by atoms with Crippen LogP contribution in [0.3, 0.4) is 0 Å². The zero-order valence-corrected chi connectivity index (χ0v) is 11.4. The van der Waals surface area contributed by atoms with Crippen molar-refractivity contribution in [2.75, 3.05) is 24.6 Å². The number of rotatable bonds is 6. The fourth-order valence-electron chi connectivity index (χ4n) is 2.24. The minimum atomic E-state index is -0.787. The van der Waals surface area contributed by atoms with Crippen LogP contribution in [0.2, 0.25) is 0 Å². The van der Waals surface area contributed by atoms with E-state index < -0.39 is 10.8 Å². The summed E-state index contributed by atoms with van der Waals surface area (Å²) in [5.41, 5.74) is 5.62. The fraction of sp³-hybridized carbons (Fsp3) is 0.917. The molecule has 0 heterocycles. The molecule has 1 rings (SSSR count). The largest absolute Gasteiger partial charge is 0.355 e. The average molecular weight is 260 g/mol. The Bertz CT molecular complexity index is 263. The van der Waals surface area contributed by atoms with Crippen molar-refractivity contribution in [2.45, 2.75) is 32.6 Å². The van der Waals surface area contributed by atoms with Crippen molar-refractivity contribution < 1.29 is 9.00 Å². The monoisotopic (exact) mass is 260 g/mol. The predicted octanol–water partition coefficient (Wildman–Crippen LogP) is 0.636. The van der Waals surface area contributed by atoms with Crippen LogP contribution in [0, 0.1) is 11.8 Å². The number of nitrogens with two attached hydrogens (primary N) is 1. The average Bonchev–Trinajstić information content (AvgIpc) is 2.38. The molecule has 0 spiro atoms. The van der Waals surface area contributed by atoms with Gasteiger partial charge in [-0.05, 0) is 38.1 Å². The second-order valence-corrected chi connectivity index (χ2v) is 6.54. The van der Waals surface area contributed by atoms with Crippen LogP contribution in [-0.4, -0.2) is 34.7 Å². The SMILES string of the molecule is CCS(=O)CCNC(=O)C1CCC(CN)CC1. The molecule has 5 heteroatoms. The van der Waals surface area contributed by atoms with E-state index in [1.165, 1.54) is 0 Å². The summed E-state index contributed by atoms with van der Waals surface area (Å²) in [5.74, 6) is 2.12. The lowest BCUT2D eigenvalue weighted by molar-refractivity contribution is -0.126. The topological polar surface area (TPSA) is 72.2 Å². The summed E-state index contributed by atoms with van der Waals surface area (Å²) in [7, 11) is -0.787. The molecule has 1 aliphatic rings. The van der Waals surface area contributed by atoms with Gasteiger partial charge in [-0.25, -0.2) is 0 Å². The molecule has 0 aromatic heterocycles. The maximum atomic E-state index is 11.8. The molecule has 0 bridgehead atoms. The zero-order valence-electron chi connectivity index (χ0n) is 10.6. The van der Waals surface area contributed by atoms with Crippen molar-refractivity contribution in [1.82, 2.24) is 5.32 Å². The Morgan fingerprint density at radius 1 is 1.35 bits per heavy atom. The fourth-order valence-corrected chi connectivity index (χ4v) is 2.86. The first-order chi connectivity index (χ1) is 8.17. The highest BCUT2D eigenvalue weighted by molar-refractivity contribution is 7.84. The van der Waals surface area contributed by atoms with Gasteiger partial charge in [0, 0.05) is 34.8 Å². The van der Waals surface area contributed by atoms with Gasteiger partial charge in [0.25, 0.3) is 0 Å². The minimum absolute atomic E-state index is 0.133. The molecular formula is C12H24N2O2S. The molecular weight excluding hydrogens is 236 g/mol. The molecule has 1 unspecified atom stereocenters. The molecule has 0 aliphatic heterocycles. The van der Waals surface area contributed by atoms with Crippen LogP contribution in [-0.2, 0) is 15.6 Å². The molecule has 1 saturated carbocycles. The maximum absolute atomic E-state index is 11.8. The second kappa shape index (κ2) is 7.82. The first-order valence-corrected chi connectivity index (χ1v) is 7.99. The summed E-state index contributed by atoms with van der Waals surface area (Å²) < 4.78 is 11.2. The Kier molecular flexibility index (Phi) is 6.73. The zero-order chi connectivity index (χ0) is 12.7. The quantitative estimate of drug-likeness (QED) is 0.736. The highest BCUT2D eigenvalue weighted by Gasteiger charge is 2.25. The van der Waals surface area contributed by atoms with E-state index in [-0.39, 0.29) is 11.8 Å². The van der Waals surface area contributed by atoms with E-state index in [4.69, 9.17) is 5.73 Å². The molecule has 17 heavy (non-hydrogen) atoms. The molecule has 0 saturated heterocycles. The normalized spacial score (nSPS) is 26.5. The van der Waals surface area contributed by atoms with E-state index in [0.717, 1.165) is 32.2 Å². The van der Waals surface area contributed by atoms with Crippen LogP contribution in [0.1, 0.15) is 32.6 Å². The van der Waals surface area contributed by atoms with E-state index in [9.17, 15) is 9.00 Å². The number of amides is 1. The molecule has 1 atom stereocenters. The Balaban J connectivity index is 2.18. The van der Waals surface area contributed by atoms with Gasteiger partial charge in [-0.15, -0.1) is 0 Å². The Morgan fingerprint density at radius 2 is 2.00 bits per heavy atom. The number of hydrogen-bond acceptors (Lipinski definition) is 3. The van der Waals surface area contributed by atoms with E-state index in [1.54, 1.807) is 0 Å². The van der Waals surface area contributed by atoms with Crippen molar-refractivity contribution in [1.29, 1.82) is 0 Å². The third kappa shape index (κ3) is 5.17. The number of carbonyl (C=O) groups excluding carboxylic acids is 1. The molecule has 100 valence electrons. The second-order valence-electron chi connectivity index (χ2n) is 4.68. The van der Waals surface area contributed by atoms with Gasteiger partial charge in [0.15, 0.2) is 0 Å². The lowest BCUT2D eigenvalue weighted by Crippen LogP contribution is -2.36. The standard InChI is InChI=1S/C12H24N2O2S/c1-2-17(16)8-7-14-12(15)11-5-3-10(9-13)4-6-11/h10-11H,2-9,13H2,1H3,(H,14,15). The van der Waals surface area contributed by atoms with Crippen LogP contribution >= 0.6 is 0 Å². The van der Waals surface area contributed by atoms with Crippen LogP contribution in [0.25, 0.3) is 0 Å². The van der Waals surface area contributed by atoms with Gasteiger partial charge in [0.05, 0.1) is 0 Å². The summed E-state index contributed by atoms with van der Waals surface area (Å²) in [4.78, 5) is 11.8. The lowest BCUT2D eigenvalue weighted by atomic mass is 9.81. The molecule has 1 fully saturated rings. The summed E-state index contributed by atoms with van der Waals surface area (Å²) >= 11 is 0.